The number of hydroxylamine groups is 1. The van der Waals surface area contributed by atoms with Crippen molar-refractivity contribution in [2.24, 2.45) is 5.73 Å². The molecule has 1 aromatic rings. The van der Waals surface area contributed by atoms with E-state index >= 15 is 0 Å². The van der Waals surface area contributed by atoms with Crippen LogP contribution in [0.2, 0.25) is 0 Å². The topological polar surface area (TPSA) is 244 Å². The lowest BCUT2D eigenvalue weighted by Gasteiger charge is -2.26. The number of carbonyl (C=O) groups is 5. The third-order valence-corrected chi connectivity index (χ3v) is 6.21. The van der Waals surface area contributed by atoms with Crippen LogP contribution in [0.5, 0.6) is 5.75 Å². The number of non-ortho nitro benzene ring substituents is 1. The van der Waals surface area contributed by atoms with Crippen molar-refractivity contribution in [3.05, 3.63) is 33.9 Å². The van der Waals surface area contributed by atoms with Gasteiger partial charge in [-0.25, -0.2) is 4.89 Å². The Labute approximate surface area is 251 Å². The van der Waals surface area contributed by atoms with E-state index in [1.54, 1.807) is 0 Å². The molecule has 0 aliphatic carbocycles. The van der Waals surface area contributed by atoms with Gasteiger partial charge in [0.05, 0.1) is 24.2 Å². The molecule has 1 unspecified atom stereocenters. The van der Waals surface area contributed by atoms with Crippen molar-refractivity contribution >= 4 is 35.3 Å². The predicted molar refractivity (Wildman–Crippen MR) is 148 cm³/mol. The highest BCUT2D eigenvalue weighted by Crippen LogP contribution is 2.25. The minimum absolute atomic E-state index is 0.0843. The number of fused-ring (bicyclic) bond motifs is 1. The maximum Gasteiger partial charge on any atom is 0.305 e. The summed E-state index contributed by atoms with van der Waals surface area (Å²) in [5.74, 6) is 0.130. The second kappa shape index (κ2) is 18.2. The Hall–Kier alpha value is -5.39. The molecule has 44 heavy (non-hydrogen) atoms. The average molecular weight is 618 g/mol. The van der Waals surface area contributed by atoms with Crippen molar-refractivity contribution in [2.75, 3.05) is 20.3 Å². The Kier molecular flexibility index (Phi) is 14.4. The van der Waals surface area contributed by atoms with E-state index in [4.69, 9.17) is 21.9 Å². The van der Waals surface area contributed by atoms with Crippen LogP contribution < -0.4 is 31.9 Å². The van der Waals surface area contributed by atoms with Crippen molar-refractivity contribution in [1.29, 1.82) is 0 Å². The smallest absolute Gasteiger partial charge is 0.305 e. The standard InChI is InChI=1S/C27H32N6O11/c1-3-4-14-43-44-29-13-6-5-7-20-26(37)30-19(24(28)35)12-15-42-22-10-8-17(33(39)40)16-18(22)25(36)31-21(27(38)32-20)9-11-23(34)41-2/h1,8,10,16,19-21,29H,5-7,9,11-13,15H2,2H3,(H2,28,35)(H,30,37)(H,31,36)(H,32,38)/p+1/t19?,20-,21+/m0/s1. The normalized spacial score (nSPS) is 18.6. The molecule has 0 bridgehead atoms. The SMILES string of the molecule is C#CC#COO[NH2+]CCCC[C@@H]1NC(=O)[C@@H](CCC(=O)OC)NC(=O)c2cc([N+](=O)[O-])ccc2OCCC(C(N)=O)NC1=O. The van der Waals surface area contributed by atoms with Crippen LogP contribution in [0.4, 0.5) is 5.69 Å². The molecule has 17 nitrogen and oxygen atoms in total. The highest BCUT2D eigenvalue weighted by Gasteiger charge is 2.31. The number of primary amides is 1. The van der Waals surface area contributed by atoms with Crippen LogP contribution in [-0.4, -0.2) is 72.9 Å². The molecule has 7 N–H and O–H groups in total. The Morgan fingerprint density at radius 2 is 1.89 bits per heavy atom. The second-order valence-electron chi connectivity index (χ2n) is 9.24. The van der Waals surface area contributed by atoms with E-state index in [0.717, 1.165) is 19.2 Å². The van der Waals surface area contributed by atoms with E-state index < -0.39 is 58.3 Å². The van der Waals surface area contributed by atoms with E-state index in [2.05, 4.69) is 37.6 Å². The quantitative estimate of drug-likeness (QED) is 0.0432. The summed E-state index contributed by atoms with van der Waals surface area (Å²) in [7, 11) is 1.15. The fourth-order valence-electron chi connectivity index (χ4n) is 3.92. The monoisotopic (exact) mass is 617 g/mol. The first-order valence-corrected chi connectivity index (χ1v) is 13.4. The molecule has 1 aliphatic rings. The van der Waals surface area contributed by atoms with Crippen molar-refractivity contribution in [3.8, 4) is 30.1 Å². The molecule has 17 heteroatoms. The van der Waals surface area contributed by atoms with Crippen LogP contribution in [0.3, 0.4) is 0 Å². The molecular weight excluding hydrogens is 584 g/mol. The van der Waals surface area contributed by atoms with Crippen LogP contribution in [0.1, 0.15) is 48.9 Å². The maximum atomic E-state index is 13.4. The minimum Gasteiger partial charge on any atom is -0.493 e. The summed E-state index contributed by atoms with van der Waals surface area (Å²) in [6, 6.07) is -0.498. The van der Waals surface area contributed by atoms with Gasteiger partial charge in [-0.2, -0.15) is 5.48 Å². The Morgan fingerprint density at radius 3 is 2.57 bits per heavy atom. The maximum absolute atomic E-state index is 13.4. The van der Waals surface area contributed by atoms with Gasteiger partial charge >= 0.3 is 5.97 Å². The number of methoxy groups -OCH3 is 1. The molecule has 3 atom stereocenters. The number of esters is 1. The number of quaternary nitrogens is 1. The lowest BCUT2D eigenvalue weighted by Crippen LogP contribution is -2.82. The molecule has 236 valence electrons. The van der Waals surface area contributed by atoms with Gasteiger partial charge in [-0.05, 0) is 37.7 Å². The van der Waals surface area contributed by atoms with E-state index in [1.165, 1.54) is 11.5 Å². The first-order valence-electron chi connectivity index (χ1n) is 13.4. The number of nitrogens with zero attached hydrogens (tertiary/aromatic N) is 1. The van der Waals surface area contributed by atoms with E-state index in [9.17, 15) is 34.1 Å². The summed E-state index contributed by atoms with van der Waals surface area (Å²) in [6.07, 6.45) is 7.40. The zero-order valence-corrected chi connectivity index (χ0v) is 23.8. The number of benzene rings is 1. The molecule has 4 amide bonds. The van der Waals surface area contributed by atoms with Gasteiger partial charge in [-0.15, -0.1) is 6.42 Å². The molecule has 1 aliphatic heterocycles. The largest absolute Gasteiger partial charge is 0.493 e. The van der Waals surface area contributed by atoms with Gasteiger partial charge in [0, 0.05) is 35.9 Å². The number of amides is 4. The van der Waals surface area contributed by atoms with Crippen LogP contribution in [-0.2, 0) is 33.8 Å². The van der Waals surface area contributed by atoms with Gasteiger partial charge in [-0.3, -0.25) is 34.1 Å². The van der Waals surface area contributed by atoms with Crippen molar-refractivity contribution in [3.63, 3.8) is 0 Å². The van der Waals surface area contributed by atoms with E-state index in [1.807, 2.05) is 5.92 Å². The number of nitrogens with two attached hydrogens (primary N) is 2. The molecule has 0 saturated heterocycles. The van der Waals surface area contributed by atoms with E-state index in [0.29, 0.717) is 19.4 Å². The number of rotatable bonds is 12. The second-order valence-corrected chi connectivity index (χ2v) is 9.24. The first kappa shape index (κ1) is 34.8. The number of terminal acetylenes is 1. The van der Waals surface area contributed by atoms with Crippen LogP contribution in [0.25, 0.3) is 0 Å². The summed E-state index contributed by atoms with van der Waals surface area (Å²) in [5, 5.41) is 18.9. The van der Waals surface area contributed by atoms with Gasteiger partial charge in [-0.1, -0.05) is 0 Å². The van der Waals surface area contributed by atoms with Gasteiger partial charge in [0.25, 0.3) is 11.6 Å². The summed E-state index contributed by atoms with van der Waals surface area (Å²) in [4.78, 5) is 83.7. The van der Waals surface area contributed by atoms with Gasteiger partial charge in [0.1, 0.15) is 30.4 Å². The number of nitro benzene ring substituents is 1. The Balaban J connectivity index is 2.32. The molecular formula is C27H33N6O11+. The number of unbranched alkanes of at least 4 members (excludes halogenated alkanes) is 1. The third kappa shape index (κ3) is 11.5. The molecule has 0 spiro atoms. The number of nitrogens with one attached hydrogen (secondary N) is 3. The lowest BCUT2D eigenvalue weighted by atomic mass is 10.0. The minimum atomic E-state index is -1.37. The molecule has 0 fully saturated rings. The van der Waals surface area contributed by atoms with Crippen LogP contribution in [0, 0.1) is 34.5 Å². The number of carbonyl (C=O) groups excluding carboxylic acids is 5. The average Bonchev–Trinajstić information content (AvgIpc) is 2.99. The zero-order chi connectivity index (χ0) is 32.5. The summed E-state index contributed by atoms with van der Waals surface area (Å²) < 4.78 is 10.3. The number of nitro groups is 1. The van der Waals surface area contributed by atoms with Gasteiger partial charge in [0.15, 0.2) is 6.11 Å². The Morgan fingerprint density at radius 1 is 1.16 bits per heavy atom. The zero-order valence-electron chi connectivity index (χ0n) is 23.8. The highest BCUT2D eigenvalue weighted by molar-refractivity contribution is 6.01. The summed E-state index contributed by atoms with van der Waals surface area (Å²) in [5.41, 5.74) is 6.11. The fraction of sp³-hybridized carbons (Fsp3) is 0.444. The predicted octanol–water partition coefficient (Wildman–Crippen LogP) is -1.93. The molecule has 0 radical (unpaired) electrons. The van der Waals surface area contributed by atoms with Crippen LogP contribution in [0.15, 0.2) is 18.2 Å². The van der Waals surface area contributed by atoms with Gasteiger partial charge in [0.2, 0.25) is 17.7 Å². The first-order chi connectivity index (χ1) is 21.1. The molecule has 0 aromatic heterocycles. The lowest BCUT2D eigenvalue weighted by molar-refractivity contribution is -0.960. The summed E-state index contributed by atoms with van der Waals surface area (Å²) in [6.45, 7) is 0.170. The van der Waals surface area contributed by atoms with Crippen molar-refractivity contribution < 1.29 is 53.7 Å². The van der Waals surface area contributed by atoms with Gasteiger partial charge < -0.3 is 31.2 Å². The fourth-order valence-corrected chi connectivity index (χ4v) is 3.92. The number of ether oxygens (including phenoxy) is 2. The van der Waals surface area contributed by atoms with Crippen molar-refractivity contribution in [2.45, 2.75) is 56.7 Å². The number of hydrogen-bond acceptors (Lipinski definition) is 11. The third-order valence-electron chi connectivity index (χ3n) is 6.21. The summed E-state index contributed by atoms with van der Waals surface area (Å²) >= 11 is 0. The van der Waals surface area contributed by atoms with E-state index in [-0.39, 0.29) is 43.6 Å². The molecule has 1 heterocycles. The molecule has 1 aromatic carbocycles. The van der Waals surface area contributed by atoms with Crippen LogP contribution >= 0.6 is 0 Å². The molecule has 2 rings (SSSR count). The molecule has 0 saturated carbocycles. The number of hydrogen-bond donors (Lipinski definition) is 5. The highest BCUT2D eigenvalue weighted by atomic mass is 17.3. The van der Waals surface area contributed by atoms with Crippen molar-refractivity contribution in [1.82, 2.24) is 16.0 Å². The Bertz CT molecular complexity index is 1330.